The van der Waals surface area contributed by atoms with Gasteiger partial charge in [0, 0.05) is 19.4 Å². The van der Waals surface area contributed by atoms with Crippen molar-refractivity contribution in [2.45, 2.75) is 136 Å². The third-order valence-electron chi connectivity index (χ3n) is 5.99. The van der Waals surface area contributed by atoms with Gasteiger partial charge in [0.2, 0.25) is 0 Å². The second kappa shape index (κ2) is 25.3. The van der Waals surface area contributed by atoms with Crippen molar-refractivity contribution in [3.8, 4) is 0 Å². The fourth-order valence-corrected chi connectivity index (χ4v) is 4.57. The van der Waals surface area contributed by atoms with Gasteiger partial charge in [0.15, 0.2) is 6.10 Å². The number of carbonyl (C=O) groups excluding carboxylic acids is 2. The van der Waals surface area contributed by atoms with Crippen molar-refractivity contribution in [2.24, 2.45) is 5.73 Å². The van der Waals surface area contributed by atoms with Gasteiger partial charge in [-0.25, -0.2) is 4.57 Å². The first-order valence-electron chi connectivity index (χ1n) is 14.5. The molecule has 220 valence electrons. The molecule has 9 nitrogen and oxygen atoms in total. The highest BCUT2D eigenvalue weighted by atomic mass is 31.2. The van der Waals surface area contributed by atoms with Crippen molar-refractivity contribution in [1.29, 1.82) is 0 Å². The quantitative estimate of drug-likeness (QED) is 0.0658. The molecule has 0 aliphatic rings. The van der Waals surface area contributed by atoms with E-state index in [1.165, 1.54) is 51.4 Å². The number of phosphoric ester groups is 1. The van der Waals surface area contributed by atoms with Gasteiger partial charge in [-0.2, -0.15) is 0 Å². The van der Waals surface area contributed by atoms with Crippen LogP contribution < -0.4 is 5.73 Å². The van der Waals surface area contributed by atoms with Crippen LogP contribution in [0.2, 0.25) is 0 Å². The Morgan fingerprint density at radius 3 is 1.65 bits per heavy atom. The molecule has 0 spiro atoms. The predicted octanol–water partition coefficient (Wildman–Crippen LogP) is 6.60. The van der Waals surface area contributed by atoms with E-state index in [0.29, 0.717) is 6.42 Å². The minimum absolute atomic E-state index is 0.0567. The van der Waals surface area contributed by atoms with Crippen molar-refractivity contribution in [2.75, 3.05) is 26.4 Å². The number of unbranched alkanes of at least 4 members (excludes halogenated alkanes) is 14. The Kier molecular flexibility index (Phi) is 24.6. The summed E-state index contributed by atoms with van der Waals surface area (Å²) in [6.45, 7) is 3.59. The van der Waals surface area contributed by atoms with Gasteiger partial charge in [-0.15, -0.1) is 0 Å². The molecule has 0 saturated heterocycles. The molecule has 2 unspecified atom stereocenters. The third-order valence-corrected chi connectivity index (χ3v) is 6.98. The van der Waals surface area contributed by atoms with Crippen LogP contribution >= 0.6 is 7.82 Å². The van der Waals surface area contributed by atoms with Crippen molar-refractivity contribution >= 4 is 19.8 Å². The van der Waals surface area contributed by atoms with E-state index < -0.39 is 32.5 Å². The number of esters is 2. The van der Waals surface area contributed by atoms with Crippen LogP contribution in [0.3, 0.4) is 0 Å². The van der Waals surface area contributed by atoms with Crippen LogP contribution in [0.1, 0.15) is 129 Å². The number of rotatable bonds is 27. The third kappa shape index (κ3) is 25.1. The maximum absolute atomic E-state index is 12.3. The summed E-state index contributed by atoms with van der Waals surface area (Å²) in [6.07, 6.45) is 17.5. The molecule has 0 aromatic heterocycles. The largest absolute Gasteiger partial charge is 0.472 e. The highest BCUT2D eigenvalue weighted by Crippen LogP contribution is 2.43. The first-order valence-corrected chi connectivity index (χ1v) is 16.0. The summed E-state index contributed by atoms with van der Waals surface area (Å²) in [4.78, 5) is 34.1. The minimum Gasteiger partial charge on any atom is -0.462 e. The van der Waals surface area contributed by atoms with Crippen LogP contribution in [0.25, 0.3) is 0 Å². The molecule has 2 atom stereocenters. The Morgan fingerprint density at radius 2 is 1.16 bits per heavy atom. The Bertz CT molecular complexity index is 605. The van der Waals surface area contributed by atoms with Gasteiger partial charge >= 0.3 is 19.8 Å². The van der Waals surface area contributed by atoms with Crippen LogP contribution in [-0.4, -0.2) is 49.3 Å². The van der Waals surface area contributed by atoms with Gasteiger partial charge < -0.3 is 20.1 Å². The molecule has 0 aliphatic heterocycles. The molecule has 3 N–H and O–H groups in total. The van der Waals surface area contributed by atoms with E-state index in [-0.39, 0.29) is 32.6 Å². The summed E-state index contributed by atoms with van der Waals surface area (Å²) < 4.78 is 32.2. The lowest BCUT2D eigenvalue weighted by Crippen LogP contribution is -2.29. The topological polar surface area (TPSA) is 134 Å². The average molecular weight is 552 g/mol. The van der Waals surface area contributed by atoms with Crippen LogP contribution in [0.4, 0.5) is 0 Å². The number of ether oxygens (including phenoxy) is 2. The van der Waals surface area contributed by atoms with Crippen molar-refractivity contribution in [1.82, 2.24) is 0 Å². The molecule has 0 aromatic carbocycles. The first-order chi connectivity index (χ1) is 17.8. The molecular weight excluding hydrogens is 497 g/mol. The number of carbonyl (C=O) groups is 2. The fraction of sp³-hybridized carbons (Fsp3) is 0.926. The van der Waals surface area contributed by atoms with E-state index in [1.807, 2.05) is 0 Å². The molecule has 0 rings (SSSR count). The van der Waals surface area contributed by atoms with Gasteiger partial charge in [-0.05, 0) is 12.8 Å². The summed E-state index contributed by atoms with van der Waals surface area (Å²) in [7, 11) is -4.34. The molecule has 0 fully saturated rings. The molecule has 0 bridgehead atoms. The van der Waals surface area contributed by atoms with Gasteiger partial charge in [-0.1, -0.05) is 104 Å². The predicted molar refractivity (Wildman–Crippen MR) is 146 cm³/mol. The van der Waals surface area contributed by atoms with Crippen LogP contribution in [-0.2, 0) is 32.7 Å². The van der Waals surface area contributed by atoms with Crippen molar-refractivity contribution in [3.63, 3.8) is 0 Å². The second-order valence-electron chi connectivity index (χ2n) is 9.63. The Hall–Kier alpha value is -0.990. The lowest BCUT2D eigenvalue weighted by Gasteiger charge is -2.19. The summed E-state index contributed by atoms with van der Waals surface area (Å²) in [6, 6.07) is 0. The average Bonchev–Trinajstić information content (AvgIpc) is 2.87. The molecule has 0 aromatic rings. The van der Waals surface area contributed by atoms with E-state index in [9.17, 15) is 19.0 Å². The number of phosphoric acid groups is 1. The standard InChI is InChI=1S/C27H54NO8P/c1-3-5-7-9-10-11-12-13-14-16-18-20-27(30)36-25(24-35-37(31,32)34-22-21-28)23-33-26(29)19-17-15-8-6-4-2/h25H,3-24,28H2,1-2H3,(H,31,32). The van der Waals surface area contributed by atoms with Crippen molar-refractivity contribution in [3.05, 3.63) is 0 Å². The van der Waals surface area contributed by atoms with E-state index in [2.05, 4.69) is 13.8 Å². The zero-order valence-electron chi connectivity index (χ0n) is 23.5. The lowest BCUT2D eigenvalue weighted by molar-refractivity contribution is -0.161. The van der Waals surface area contributed by atoms with Gasteiger partial charge in [0.05, 0.1) is 13.2 Å². The zero-order valence-corrected chi connectivity index (χ0v) is 24.4. The van der Waals surface area contributed by atoms with E-state index in [1.54, 1.807) is 0 Å². The Morgan fingerprint density at radius 1 is 0.703 bits per heavy atom. The Labute approximate surface area is 225 Å². The highest BCUT2D eigenvalue weighted by Gasteiger charge is 2.25. The summed E-state index contributed by atoms with van der Waals surface area (Å²) in [5.41, 5.74) is 5.28. The molecule has 0 saturated carbocycles. The number of nitrogens with two attached hydrogens (primary N) is 1. The van der Waals surface area contributed by atoms with Crippen LogP contribution in [0, 0.1) is 0 Å². The van der Waals surface area contributed by atoms with E-state index in [4.69, 9.17) is 24.3 Å². The van der Waals surface area contributed by atoms with Crippen LogP contribution in [0.5, 0.6) is 0 Å². The van der Waals surface area contributed by atoms with Gasteiger partial charge in [0.1, 0.15) is 6.61 Å². The summed E-state index contributed by atoms with van der Waals surface area (Å²) in [5, 5.41) is 0. The van der Waals surface area contributed by atoms with Gasteiger partial charge in [-0.3, -0.25) is 18.6 Å². The smallest absolute Gasteiger partial charge is 0.462 e. The maximum atomic E-state index is 12.3. The molecule has 0 radical (unpaired) electrons. The number of hydrogen-bond donors (Lipinski definition) is 2. The first kappa shape index (κ1) is 36.0. The fourth-order valence-electron chi connectivity index (χ4n) is 3.81. The number of hydrogen-bond acceptors (Lipinski definition) is 8. The molecule has 0 heterocycles. The highest BCUT2D eigenvalue weighted by molar-refractivity contribution is 7.47. The second-order valence-corrected chi connectivity index (χ2v) is 11.1. The molecule has 10 heteroatoms. The van der Waals surface area contributed by atoms with Gasteiger partial charge in [0.25, 0.3) is 0 Å². The Balaban J connectivity index is 4.31. The summed E-state index contributed by atoms with van der Waals surface area (Å²) in [5.74, 6) is -0.842. The normalized spacial score (nSPS) is 13.7. The SMILES string of the molecule is CCCCCCCCCCCCCC(=O)OC(COC(=O)CCCCCCC)COP(=O)(O)OCCN. The van der Waals surface area contributed by atoms with Crippen LogP contribution in [0.15, 0.2) is 0 Å². The zero-order chi connectivity index (χ0) is 27.6. The summed E-state index contributed by atoms with van der Waals surface area (Å²) >= 11 is 0. The maximum Gasteiger partial charge on any atom is 0.472 e. The van der Waals surface area contributed by atoms with E-state index in [0.717, 1.165) is 44.9 Å². The lowest BCUT2D eigenvalue weighted by atomic mass is 10.1. The molecular formula is C27H54NO8P. The molecule has 0 amide bonds. The molecule has 37 heavy (non-hydrogen) atoms. The van der Waals surface area contributed by atoms with E-state index >= 15 is 0 Å². The minimum atomic E-state index is -4.34. The molecule has 0 aliphatic carbocycles. The van der Waals surface area contributed by atoms with Crippen molar-refractivity contribution < 1.29 is 37.6 Å². The monoisotopic (exact) mass is 551 g/mol.